The summed E-state index contributed by atoms with van der Waals surface area (Å²) in [6.45, 7) is 6.87. The van der Waals surface area contributed by atoms with Crippen molar-refractivity contribution >= 4 is 11.9 Å². The summed E-state index contributed by atoms with van der Waals surface area (Å²) in [5.74, 6) is 0.00809. The standard InChI is InChI=1S/C26H30N2O5/c1-18-7-9-21(10-8-18)24-17-25(27-28(24)22-11-13-23(31-5)14-12-22)26(4,33-20(3)30)15-6-16-32-19(2)29/h7-14,17H,6,15-16H2,1-5H3. The van der Waals surface area contributed by atoms with Crippen LogP contribution in [-0.2, 0) is 24.7 Å². The van der Waals surface area contributed by atoms with Crippen molar-refractivity contribution in [1.29, 1.82) is 0 Å². The summed E-state index contributed by atoms with van der Waals surface area (Å²) in [7, 11) is 1.62. The zero-order valence-electron chi connectivity index (χ0n) is 19.8. The molecule has 0 bridgehead atoms. The maximum Gasteiger partial charge on any atom is 0.303 e. The number of carbonyl (C=O) groups excluding carboxylic acids is 2. The topological polar surface area (TPSA) is 79.7 Å². The predicted octanol–water partition coefficient (Wildman–Crippen LogP) is 4.98. The van der Waals surface area contributed by atoms with Crippen LogP contribution in [-0.4, -0.2) is 35.4 Å². The lowest BCUT2D eigenvalue weighted by atomic mass is 9.95. The van der Waals surface area contributed by atoms with E-state index in [0.717, 1.165) is 28.3 Å². The highest BCUT2D eigenvalue weighted by Gasteiger charge is 2.34. The number of rotatable bonds is 9. The number of esters is 2. The summed E-state index contributed by atoms with van der Waals surface area (Å²) in [6, 6.07) is 17.7. The van der Waals surface area contributed by atoms with Crippen LogP contribution in [0.1, 0.15) is 44.9 Å². The Morgan fingerprint density at radius 3 is 2.24 bits per heavy atom. The number of hydrogen-bond acceptors (Lipinski definition) is 6. The number of nitrogens with zero attached hydrogens (tertiary/aromatic N) is 2. The van der Waals surface area contributed by atoms with Crippen LogP contribution in [0.4, 0.5) is 0 Å². The molecule has 2 aromatic carbocycles. The van der Waals surface area contributed by atoms with Crippen LogP contribution < -0.4 is 4.74 Å². The fraction of sp³-hybridized carbons (Fsp3) is 0.346. The molecule has 0 saturated carbocycles. The molecule has 3 rings (SSSR count). The van der Waals surface area contributed by atoms with Crippen molar-refractivity contribution in [2.45, 2.75) is 46.1 Å². The first-order valence-corrected chi connectivity index (χ1v) is 10.9. The molecule has 0 amide bonds. The summed E-state index contributed by atoms with van der Waals surface area (Å²) in [5, 5.41) is 4.86. The molecule has 33 heavy (non-hydrogen) atoms. The Morgan fingerprint density at radius 2 is 1.67 bits per heavy atom. The van der Waals surface area contributed by atoms with Crippen molar-refractivity contribution < 1.29 is 23.8 Å². The highest BCUT2D eigenvalue weighted by Crippen LogP contribution is 2.34. The van der Waals surface area contributed by atoms with Crippen molar-refractivity contribution in [3.63, 3.8) is 0 Å². The van der Waals surface area contributed by atoms with Gasteiger partial charge in [0.05, 0.1) is 25.1 Å². The lowest BCUT2D eigenvalue weighted by Crippen LogP contribution is -2.29. The first-order valence-electron chi connectivity index (χ1n) is 10.9. The molecular formula is C26H30N2O5. The van der Waals surface area contributed by atoms with Gasteiger partial charge in [-0.05, 0) is 57.0 Å². The molecular weight excluding hydrogens is 420 g/mol. The van der Waals surface area contributed by atoms with E-state index in [1.165, 1.54) is 13.8 Å². The van der Waals surface area contributed by atoms with Crippen LogP contribution in [0.5, 0.6) is 5.75 Å². The fourth-order valence-electron chi connectivity index (χ4n) is 3.66. The second kappa shape index (κ2) is 10.3. The smallest absolute Gasteiger partial charge is 0.303 e. The molecule has 7 heteroatoms. The van der Waals surface area contributed by atoms with Gasteiger partial charge in [0.25, 0.3) is 0 Å². The Balaban J connectivity index is 2.06. The Morgan fingerprint density at radius 1 is 1.00 bits per heavy atom. The molecule has 1 unspecified atom stereocenters. The molecule has 0 aliphatic rings. The molecule has 0 saturated heterocycles. The number of benzene rings is 2. The number of ether oxygens (including phenoxy) is 3. The Hall–Kier alpha value is -3.61. The molecule has 174 valence electrons. The van der Waals surface area contributed by atoms with Crippen molar-refractivity contribution in [1.82, 2.24) is 9.78 Å². The molecule has 0 N–H and O–H groups in total. The third kappa shape index (κ3) is 6.00. The fourth-order valence-corrected chi connectivity index (χ4v) is 3.66. The molecule has 0 spiro atoms. The highest BCUT2D eigenvalue weighted by molar-refractivity contribution is 5.68. The van der Waals surface area contributed by atoms with Crippen molar-refractivity contribution in [3.05, 3.63) is 65.9 Å². The van der Waals surface area contributed by atoms with E-state index in [2.05, 4.69) is 0 Å². The molecule has 0 aliphatic heterocycles. The summed E-state index contributed by atoms with van der Waals surface area (Å²) >= 11 is 0. The van der Waals surface area contributed by atoms with Gasteiger partial charge in [-0.2, -0.15) is 5.10 Å². The maximum absolute atomic E-state index is 12.0. The van der Waals surface area contributed by atoms with Crippen LogP contribution >= 0.6 is 0 Å². The minimum absolute atomic E-state index is 0.246. The number of hydrogen-bond donors (Lipinski definition) is 0. The molecule has 7 nitrogen and oxygen atoms in total. The normalized spacial score (nSPS) is 12.6. The molecule has 1 atom stereocenters. The van der Waals surface area contributed by atoms with Crippen LogP contribution in [0.15, 0.2) is 54.6 Å². The molecule has 3 aromatic rings. The van der Waals surface area contributed by atoms with Crippen LogP contribution in [0.3, 0.4) is 0 Å². The van der Waals surface area contributed by atoms with Crippen LogP contribution in [0.25, 0.3) is 16.9 Å². The summed E-state index contributed by atoms with van der Waals surface area (Å²) in [5.41, 5.74) is 3.50. The monoisotopic (exact) mass is 450 g/mol. The minimum Gasteiger partial charge on any atom is -0.497 e. The van der Waals surface area contributed by atoms with Gasteiger partial charge in [0, 0.05) is 19.4 Å². The van der Waals surface area contributed by atoms with E-state index in [9.17, 15) is 9.59 Å². The van der Waals surface area contributed by atoms with Gasteiger partial charge in [-0.15, -0.1) is 0 Å². The first kappa shape index (κ1) is 24.0. The van der Waals surface area contributed by atoms with Gasteiger partial charge in [0.2, 0.25) is 0 Å². The van der Waals surface area contributed by atoms with Gasteiger partial charge in [0.15, 0.2) is 5.60 Å². The van der Waals surface area contributed by atoms with E-state index in [1.54, 1.807) is 7.11 Å². The van der Waals surface area contributed by atoms with Gasteiger partial charge in [0.1, 0.15) is 11.4 Å². The first-order chi connectivity index (χ1) is 15.7. The third-order valence-electron chi connectivity index (χ3n) is 5.39. The van der Waals surface area contributed by atoms with Gasteiger partial charge in [-0.1, -0.05) is 29.8 Å². The Bertz CT molecular complexity index is 1100. The second-order valence-corrected chi connectivity index (χ2v) is 8.16. The van der Waals surface area contributed by atoms with Crippen LogP contribution in [0, 0.1) is 6.92 Å². The number of aromatic nitrogens is 2. The van der Waals surface area contributed by atoms with Gasteiger partial charge < -0.3 is 14.2 Å². The lowest BCUT2D eigenvalue weighted by Gasteiger charge is -2.27. The number of methoxy groups -OCH3 is 1. The molecule has 0 aliphatic carbocycles. The molecule has 0 fully saturated rings. The van der Waals surface area contributed by atoms with E-state index in [1.807, 2.05) is 73.1 Å². The summed E-state index contributed by atoms with van der Waals surface area (Å²) < 4.78 is 17.9. The molecule has 1 heterocycles. The third-order valence-corrected chi connectivity index (χ3v) is 5.39. The van der Waals surface area contributed by atoms with Crippen molar-refractivity contribution in [3.8, 4) is 22.7 Å². The zero-order chi connectivity index (χ0) is 24.0. The van der Waals surface area contributed by atoms with Crippen LogP contribution in [0.2, 0.25) is 0 Å². The van der Waals surface area contributed by atoms with Gasteiger partial charge >= 0.3 is 11.9 Å². The predicted molar refractivity (Wildman–Crippen MR) is 125 cm³/mol. The van der Waals surface area contributed by atoms with E-state index < -0.39 is 11.6 Å². The zero-order valence-corrected chi connectivity index (χ0v) is 19.8. The summed E-state index contributed by atoms with van der Waals surface area (Å²) in [4.78, 5) is 23.1. The van der Waals surface area contributed by atoms with Crippen molar-refractivity contribution in [2.24, 2.45) is 0 Å². The summed E-state index contributed by atoms with van der Waals surface area (Å²) in [6.07, 6.45) is 0.978. The van der Waals surface area contributed by atoms with E-state index in [4.69, 9.17) is 19.3 Å². The molecule has 1 aromatic heterocycles. The van der Waals surface area contributed by atoms with Gasteiger partial charge in [-0.3, -0.25) is 9.59 Å². The quantitative estimate of drug-likeness (QED) is 0.338. The molecule has 0 radical (unpaired) electrons. The lowest BCUT2D eigenvalue weighted by molar-refractivity contribution is -0.158. The number of aryl methyl sites for hydroxylation is 1. The number of carbonyl (C=O) groups is 2. The average Bonchev–Trinajstić information content (AvgIpc) is 3.23. The van der Waals surface area contributed by atoms with E-state index >= 15 is 0 Å². The maximum atomic E-state index is 12.0. The average molecular weight is 451 g/mol. The SMILES string of the molecule is COc1ccc(-n2nc(C(C)(CCCOC(C)=O)OC(C)=O)cc2-c2ccc(C)cc2)cc1. The highest BCUT2D eigenvalue weighted by atomic mass is 16.6. The Kier molecular flexibility index (Phi) is 7.53. The second-order valence-electron chi connectivity index (χ2n) is 8.16. The van der Waals surface area contributed by atoms with Crippen molar-refractivity contribution in [2.75, 3.05) is 13.7 Å². The van der Waals surface area contributed by atoms with E-state index in [0.29, 0.717) is 18.5 Å². The van der Waals surface area contributed by atoms with Gasteiger partial charge in [-0.25, -0.2) is 4.68 Å². The largest absolute Gasteiger partial charge is 0.497 e. The Labute approximate surface area is 194 Å². The minimum atomic E-state index is -0.983. The van der Waals surface area contributed by atoms with E-state index in [-0.39, 0.29) is 12.6 Å².